The molecule has 2 aromatic rings. The van der Waals surface area contributed by atoms with Gasteiger partial charge in [0, 0.05) is 12.4 Å². The van der Waals surface area contributed by atoms with Crippen LogP contribution in [0.15, 0.2) is 23.6 Å². The number of hydrogen-bond donors (Lipinski definition) is 1. The minimum absolute atomic E-state index is 0.0498. The third-order valence-electron chi connectivity index (χ3n) is 2.13. The number of aromatic nitrogens is 5. The summed E-state index contributed by atoms with van der Waals surface area (Å²) in [4.78, 5) is 12.4. The molecule has 0 fully saturated rings. The zero-order chi connectivity index (χ0) is 11.5. The predicted octanol–water partition coefficient (Wildman–Crippen LogP) is 0.981. The fraction of sp³-hybridized carbons (Fsp3) is 0.333. The molecule has 0 aliphatic heterocycles. The zero-order valence-electron chi connectivity index (χ0n) is 9.03. The van der Waals surface area contributed by atoms with E-state index in [1.54, 1.807) is 10.9 Å². The predicted molar refractivity (Wildman–Crippen MR) is 62.1 cm³/mol. The Labute approximate surface area is 97.3 Å². The third-order valence-corrected chi connectivity index (χ3v) is 2.68. The highest BCUT2D eigenvalue weighted by molar-refractivity contribution is 7.98. The van der Waals surface area contributed by atoms with Crippen LogP contribution < -0.4 is 5.73 Å². The lowest BCUT2D eigenvalue weighted by atomic mass is 10.3. The second kappa shape index (κ2) is 4.48. The summed E-state index contributed by atoms with van der Waals surface area (Å²) in [6, 6.07) is 1.81. The molecule has 0 spiro atoms. The molecule has 1 unspecified atom stereocenters. The number of nitrogens with zero attached hydrogens (tertiary/aromatic N) is 5. The maximum atomic E-state index is 5.62. The minimum Gasteiger partial charge on any atom is -0.368 e. The van der Waals surface area contributed by atoms with Crippen molar-refractivity contribution in [2.24, 2.45) is 0 Å². The first-order valence-corrected chi connectivity index (χ1v) is 5.97. The first-order chi connectivity index (χ1) is 7.70. The van der Waals surface area contributed by atoms with Crippen molar-refractivity contribution in [2.45, 2.75) is 18.1 Å². The molecule has 2 rings (SSSR count). The molecule has 0 amide bonds. The molecule has 84 valence electrons. The first-order valence-electron chi connectivity index (χ1n) is 4.75. The lowest BCUT2D eigenvalue weighted by Gasteiger charge is -2.11. The van der Waals surface area contributed by atoms with Crippen LogP contribution >= 0.6 is 11.8 Å². The van der Waals surface area contributed by atoms with Crippen LogP contribution in [-0.2, 0) is 0 Å². The SMILES string of the molecule is CSc1nc(N)nc(C(C)n2cccn2)n1. The molecule has 0 aliphatic rings. The van der Waals surface area contributed by atoms with Crippen LogP contribution in [0.1, 0.15) is 18.8 Å². The van der Waals surface area contributed by atoms with Gasteiger partial charge in [-0.3, -0.25) is 4.68 Å². The fourth-order valence-corrected chi connectivity index (χ4v) is 1.66. The Hall–Kier alpha value is -1.63. The highest BCUT2D eigenvalue weighted by Gasteiger charge is 2.13. The molecule has 1 atom stereocenters. The Bertz CT molecular complexity index is 469. The van der Waals surface area contributed by atoms with Crippen molar-refractivity contribution in [3.05, 3.63) is 24.3 Å². The topological polar surface area (TPSA) is 82.5 Å². The van der Waals surface area contributed by atoms with Crippen molar-refractivity contribution in [1.82, 2.24) is 24.7 Å². The molecule has 2 aromatic heterocycles. The van der Waals surface area contributed by atoms with E-state index in [1.165, 1.54) is 11.8 Å². The fourth-order valence-electron chi connectivity index (χ4n) is 1.29. The summed E-state index contributed by atoms with van der Waals surface area (Å²) in [5, 5.41) is 4.77. The van der Waals surface area contributed by atoms with E-state index in [2.05, 4.69) is 20.1 Å². The number of rotatable bonds is 3. The molecule has 0 aromatic carbocycles. The smallest absolute Gasteiger partial charge is 0.224 e. The Balaban J connectivity index is 2.36. The number of nitrogen functional groups attached to an aromatic ring is 1. The van der Waals surface area contributed by atoms with Crippen molar-refractivity contribution in [2.75, 3.05) is 12.0 Å². The molecule has 0 saturated carbocycles. The molecule has 0 saturated heterocycles. The number of nitrogens with two attached hydrogens (primary N) is 1. The molecule has 0 radical (unpaired) electrons. The maximum Gasteiger partial charge on any atom is 0.224 e. The minimum atomic E-state index is -0.0498. The Morgan fingerprint density at radius 3 is 2.81 bits per heavy atom. The Morgan fingerprint density at radius 1 is 1.38 bits per heavy atom. The van der Waals surface area contributed by atoms with Crippen LogP contribution in [0.3, 0.4) is 0 Å². The highest BCUT2D eigenvalue weighted by Crippen LogP contribution is 2.16. The van der Waals surface area contributed by atoms with Gasteiger partial charge in [-0.05, 0) is 19.2 Å². The standard InChI is InChI=1S/C9H12N6S/c1-6(15-5-3-4-11-15)7-12-8(10)14-9(13-7)16-2/h3-6H,1-2H3,(H2,10,12,13,14). The van der Waals surface area contributed by atoms with Gasteiger partial charge in [-0.15, -0.1) is 0 Å². The van der Waals surface area contributed by atoms with E-state index >= 15 is 0 Å². The summed E-state index contributed by atoms with van der Waals surface area (Å²) in [5.41, 5.74) is 5.62. The van der Waals surface area contributed by atoms with Gasteiger partial charge in [0.05, 0.1) is 0 Å². The van der Waals surface area contributed by atoms with Gasteiger partial charge < -0.3 is 5.73 Å². The van der Waals surface area contributed by atoms with Crippen LogP contribution in [0.4, 0.5) is 5.95 Å². The maximum absolute atomic E-state index is 5.62. The van der Waals surface area contributed by atoms with Crippen molar-refractivity contribution in [3.63, 3.8) is 0 Å². The number of anilines is 1. The largest absolute Gasteiger partial charge is 0.368 e. The van der Waals surface area contributed by atoms with Gasteiger partial charge in [-0.25, -0.2) is 4.98 Å². The lowest BCUT2D eigenvalue weighted by Crippen LogP contribution is -2.13. The normalized spacial score (nSPS) is 12.6. The third kappa shape index (κ3) is 2.13. The van der Waals surface area contributed by atoms with Gasteiger partial charge in [0.2, 0.25) is 5.95 Å². The van der Waals surface area contributed by atoms with E-state index in [1.807, 2.05) is 25.4 Å². The van der Waals surface area contributed by atoms with Crippen LogP contribution in [0, 0.1) is 0 Å². The molecule has 2 heterocycles. The quantitative estimate of drug-likeness (QED) is 0.800. The molecule has 16 heavy (non-hydrogen) atoms. The zero-order valence-corrected chi connectivity index (χ0v) is 9.85. The Kier molecular flexibility index (Phi) is 3.04. The number of thioether (sulfide) groups is 1. The van der Waals surface area contributed by atoms with E-state index in [0.717, 1.165) is 0 Å². The summed E-state index contributed by atoms with van der Waals surface area (Å²) in [6.07, 6.45) is 5.48. The first kappa shape index (κ1) is 10.9. The Morgan fingerprint density at radius 2 is 2.19 bits per heavy atom. The van der Waals surface area contributed by atoms with Gasteiger partial charge in [0.1, 0.15) is 6.04 Å². The van der Waals surface area contributed by atoms with Gasteiger partial charge in [0.25, 0.3) is 0 Å². The molecule has 2 N–H and O–H groups in total. The summed E-state index contributed by atoms with van der Waals surface area (Å²) < 4.78 is 1.78. The molecular formula is C9H12N6S. The van der Waals surface area contributed by atoms with E-state index in [-0.39, 0.29) is 12.0 Å². The molecule has 7 heteroatoms. The van der Waals surface area contributed by atoms with Crippen LogP contribution in [0.2, 0.25) is 0 Å². The van der Waals surface area contributed by atoms with Crippen molar-refractivity contribution in [1.29, 1.82) is 0 Å². The van der Waals surface area contributed by atoms with Gasteiger partial charge >= 0.3 is 0 Å². The molecular weight excluding hydrogens is 224 g/mol. The second-order valence-electron chi connectivity index (χ2n) is 3.20. The van der Waals surface area contributed by atoms with E-state index in [0.29, 0.717) is 11.0 Å². The van der Waals surface area contributed by atoms with E-state index in [9.17, 15) is 0 Å². The summed E-state index contributed by atoms with van der Waals surface area (Å²) in [5.74, 6) is 0.869. The average Bonchev–Trinajstić information content (AvgIpc) is 2.80. The second-order valence-corrected chi connectivity index (χ2v) is 3.97. The van der Waals surface area contributed by atoms with Crippen LogP contribution in [0.25, 0.3) is 0 Å². The van der Waals surface area contributed by atoms with Gasteiger partial charge in [-0.2, -0.15) is 15.1 Å². The lowest BCUT2D eigenvalue weighted by molar-refractivity contribution is 0.528. The molecule has 0 aliphatic carbocycles. The van der Waals surface area contributed by atoms with Gasteiger partial charge in [0.15, 0.2) is 11.0 Å². The van der Waals surface area contributed by atoms with E-state index < -0.39 is 0 Å². The highest BCUT2D eigenvalue weighted by atomic mass is 32.2. The van der Waals surface area contributed by atoms with Gasteiger partial charge in [-0.1, -0.05) is 11.8 Å². The molecule has 6 nitrogen and oxygen atoms in total. The molecule has 0 bridgehead atoms. The van der Waals surface area contributed by atoms with E-state index in [4.69, 9.17) is 5.73 Å². The van der Waals surface area contributed by atoms with Crippen molar-refractivity contribution >= 4 is 17.7 Å². The monoisotopic (exact) mass is 236 g/mol. The van der Waals surface area contributed by atoms with Crippen LogP contribution in [-0.4, -0.2) is 31.0 Å². The van der Waals surface area contributed by atoms with Crippen molar-refractivity contribution in [3.8, 4) is 0 Å². The van der Waals surface area contributed by atoms with Crippen molar-refractivity contribution < 1.29 is 0 Å². The summed E-state index contributed by atoms with van der Waals surface area (Å²) in [6.45, 7) is 1.96. The average molecular weight is 236 g/mol. The summed E-state index contributed by atoms with van der Waals surface area (Å²) >= 11 is 1.44. The van der Waals surface area contributed by atoms with Crippen LogP contribution in [0.5, 0.6) is 0 Å². The number of hydrogen-bond acceptors (Lipinski definition) is 6. The summed E-state index contributed by atoms with van der Waals surface area (Å²) in [7, 11) is 0.